The molecule has 1 N–H and O–H groups in total. The lowest BCUT2D eigenvalue weighted by atomic mass is 10.1. The molecule has 1 heterocycles. The van der Waals surface area contributed by atoms with E-state index in [-0.39, 0.29) is 12.3 Å². The van der Waals surface area contributed by atoms with Gasteiger partial charge in [0.15, 0.2) is 0 Å². The molecule has 0 saturated heterocycles. The highest BCUT2D eigenvalue weighted by Crippen LogP contribution is 2.32. The van der Waals surface area contributed by atoms with Gasteiger partial charge in [-0.15, -0.1) is 0 Å². The van der Waals surface area contributed by atoms with Crippen molar-refractivity contribution >= 4 is 29.0 Å². The SMILES string of the molecule is O=C(Cc1ccccc1)Nc1ccc2c(c1)C(=O)C(=O)N2Cc1ccccc1. The molecule has 28 heavy (non-hydrogen) atoms. The average molecular weight is 370 g/mol. The Morgan fingerprint density at radius 3 is 2.14 bits per heavy atom. The van der Waals surface area contributed by atoms with Crippen LogP contribution in [0.25, 0.3) is 0 Å². The van der Waals surface area contributed by atoms with Gasteiger partial charge in [-0.3, -0.25) is 14.4 Å². The molecular formula is C23H18N2O3. The molecule has 138 valence electrons. The molecule has 5 nitrogen and oxygen atoms in total. The van der Waals surface area contributed by atoms with Gasteiger partial charge in [-0.05, 0) is 29.3 Å². The number of carbonyl (C=O) groups excluding carboxylic acids is 3. The van der Waals surface area contributed by atoms with E-state index >= 15 is 0 Å². The fraction of sp³-hybridized carbons (Fsp3) is 0.0870. The van der Waals surface area contributed by atoms with Crippen LogP contribution in [0.1, 0.15) is 21.5 Å². The molecule has 3 aromatic carbocycles. The Hall–Kier alpha value is -3.73. The van der Waals surface area contributed by atoms with Crippen molar-refractivity contribution in [2.45, 2.75) is 13.0 Å². The molecule has 0 fully saturated rings. The molecule has 5 heteroatoms. The summed E-state index contributed by atoms with van der Waals surface area (Å²) in [6, 6.07) is 23.9. The number of ketones is 1. The first-order valence-electron chi connectivity index (χ1n) is 9.00. The molecule has 0 bridgehead atoms. The van der Waals surface area contributed by atoms with Crippen molar-refractivity contribution in [3.8, 4) is 0 Å². The van der Waals surface area contributed by atoms with Crippen molar-refractivity contribution in [1.82, 2.24) is 0 Å². The number of benzene rings is 3. The minimum atomic E-state index is -0.551. The molecule has 0 aliphatic carbocycles. The maximum Gasteiger partial charge on any atom is 0.299 e. The molecule has 0 atom stereocenters. The Balaban J connectivity index is 1.52. The van der Waals surface area contributed by atoms with E-state index in [1.807, 2.05) is 60.7 Å². The summed E-state index contributed by atoms with van der Waals surface area (Å²) in [4.78, 5) is 38.6. The fourth-order valence-electron chi connectivity index (χ4n) is 3.29. The highest BCUT2D eigenvalue weighted by Gasteiger charge is 2.35. The maximum absolute atomic E-state index is 12.4. The van der Waals surface area contributed by atoms with Gasteiger partial charge >= 0.3 is 0 Å². The lowest BCUT2D eigenvalue weighted by Crippen LogP contribution is -2.29. The van der Waals surface area contributed by atoms with Gasteiger partial charge in [0.25, 0.3) is 11.7 Å². The van der Waals surface area contributed by atoms with E-state index in [1.165, 1.54) is 4.90 Å². The number of fused-ring (bicyclic) bond motifs is 1. The van der Waals surface area contributed by atoms with E-state index in [0.29, 0.717) is 23.5 Å². The van der Waals surface area contributed by atoms with Gasteiger partial charge in [-0.1, -0.05) is 60.7 Å². The van der Waals surface area contributed by atoms with Crippen molar-refractivity contribution in [2.24, 2.45) is 0 Å². The van der Waals surface area contributed by atoms with Gasteiger partial charge in [0.1, 0.15) is 0 Å². The second-order valence-electron chi connectivity index (χ2n) is 6.65. The molecule has 4 rings (SSSR count). The molecule has 3 aromatic rings. The normalized spacial score (nSPS) is 12.8. The highest BCUT2D eigenvalue weighted by molar-refractivity contribution is 6.52. The number of Topliss-reactive ketones (excluding diaryl/α,β-unsaturated/α-hetero) is 1. The number of rotatable bonds is 5. The van der Waals surface area contributed by atoms with Gasteiger partial charge in [0.2, 0.25) is 5.91 Å². The lowest BCUT2D eigenvalue weighted by molar-refractivity contribution is -0.115. The lowest BCUT2D eigenvalue weighted by Gasteiger charge is -2.17. The summed E-state index contributed by atoms with van der Waals surface area (Å²) in [7, 11) is 0. The summed E-state index contributed by atoms with van der Waals surface area (Å²) < 4.78 is 0. The number of amides is 2. The van der Waals surface area contributed by atoms with Gasteiger partial charge in [-0.25, -0.2) is 0 Å². The molecule has 1 aliphatic rings. The second-order valence-corrected chi connectivity index (χ2v) is 6.65. The van der Waals surface area contributed by atoms with Crippen LogP contribution in [0.3, 0.4) is 0 Å². The number of nitrogens with zero attached hydrogens (tertiary/aromatic N) is 1. The van der Waals surface area contributed by atoms with Crippen molar-refractivity contribution in [3.63, 3.8) is 0 Å². The zero-order valence-corrected chi connectivity index (χ0v) is 15.1. The van der Waals surface area contributed by atoms with Gasteiger partial charge in [0.05, 0.1) is 24.2 Å². The third-order valence-corrected chi connectivity index (χ3v) is 4.65. The first-order chi connectivity index (χ1) is 13.6. The van der Waals surface area contributed by atoms with Crippen LogP contribution in [-0.4, -0.2) is 17.6 Å². The summed E-state index contributed by atoms with van der Waals surface area (Å²) in [5.74, 6) is -1.28. The summed E-state index contributed by atoms with van der Waals surface area (Å²) in [6.45, 7) is 0.331. The quantitative estimate of drug-likeness (QED) is 0.698. The highest BCUT2D eigenvalue weighted by atomic mass is 16.2. The van der Waals surface area contributed by atoms with Crippen LogP contribution in [-0.2, 0) is 22.6 Å². The maximum atomic E-state index is 12.4. The first-order valence-corrected chi connectivity index (χ1v) is 9.00. The molecule has 2 amide bonds. The Labute approximate surface area is 162 Å². The number of carbonyl (C=O) groups is 3. The fourth-order valence-corrected chi connectivity index (χ4v) is 3.29. The molecule has 0 aromatic heterocycles. The van der Waals surface area contributed by atoms with Crippen LogP contribution in [0.2, 0.25) is 0 Å². The van der Waals surface area contributed by atoms with Crippen molar-refractivity contribution < 1.29 is 14.4 Å². The smallest absolute Gasteiger partial charge is 0.299 e. The van der Waals surface area contributed by atoms with Gasteiger partial charge in [-0.2, -0.15) is 0 Å². The molecule has 0 radical (unpaired) electrons. The van der Waals surface area contributed by atoms with Gasteiger partial charge in [0, 0.05) is 5.69 Å². The van der Waals surface area contributed by atoms with Crippen LogP contribution >= 0.6 is 0 Å². The Morgan fingerprint density at radius 1 is 0.821 bits per heavy atom. The van der Waals surface area contributed by atoms with Crippen LogP contribution in [0.15, 0.2) is 78.9 Å². The predicted octanol–water partition coefficient (Wildman–Crippen LogP) is 3.60. The minimum Gasteiger partial charge on any atom is -0.326 e. The standard InChI is InChI=1S/C23H18N2O3/c26-21(13-16-7-3-1-4-8-16)24-18-11-12-20-19(14-18)22(27)23(28)25(20)15-17-9-5-2-6-10-17/h1-12,14H,13,15H2,(H,24,26). The summed E-state index contributed by atoms with van der Waals surface area (Å²) in [5.41, 5.74) is 3.24. The minimum absolute atomic E-state index is 0.177. The van der Waals surface area contributed by atoms with E-state index in [9.17, 15) is 14.4 Å². The van der Waals surface area contributed by atoms with Crippen molar-refractivity contribution in [1.29, 1.82) is 0 Å². The van der Waals surface area contributed by atoms with E-state index in [0.717, 1.165) is 11.1 Å². The number of hydrogen-bond acceptors (Lipinski definition) is 3. The van der Waals surface area contributed by atoms with Crippen LogP contribution in [0.4, 0.5) is 11.4 Å². The van der Waals surface area contributed by atoms with Crippen molar-refractivity contribution in [3.05, 3.63) is 95.6 Å². The monoisotopic (exact) mass is 370 g/mol. The zero-order valence-electron chi connectivity index (χ0n) is 15.1. The van der Waals surface area contributed by atoms with E-state index < -0.39 is 11.7 Å². The largest absolute Gasteiger partial charge is 0.326 e. The summed E-state index contributed by atoms with van der Waals surface area (Å²) in [6.07, 6.45) is 0.241. The Morgan fingerprint density at radius 2 is 1.46 bits per heavy atom. The third-order valence-electron chi connectivity index (χ3n) is 4.65. The molecule has 1 aliphatic heterocycles. The van der Waals surface area contributed by atoms with Crippen LogP contribution in [0.5, 0.6) is 0 Å². The topological polar surface area (TPSA) is 66.5 Å². The first kappa shape index (κ1) is 17.7. The zero-order chi connectivity index (χ0) is 19.5. The number of anilines is 2. The van der Waals surface area contributed by atoms with Crippen molar-refractivity contribution in [2.75, 3.05) is 10.2 Å². The predicted molar refractivity (Wildman–Crippen MR) is 107 cm³/mol. The summed E-state index contributed by atoms with van der Waals surface area (Å²) >= 11 is 0. The van der Waals surface area contributed by atoms with E-state index in [2.05, 4.69) is 5.32 Å². The van der Waals surface area contributed by atoms with Crippen LogP contribution < -0.4 is 10.2 Å². The molecular weight excluding hydrogens is 352 g/mol. The molecule has 0 spiro atoms. The molecule has 0 unspecified atom stereocenters. The van der Waals surface area contributed by atoms with Crippen LogP contribution in [0, 0.1) is 0 Å². The average Bonchev–Trinajstić information content (AvgIpc) is 2.94. The second kappa shape index (κ2) is 7.48. The van der Waals surface area contributed by atoms with E-state index in [1.54, 1.807) is 18.2 Å². The molecule has 0 saturated carbocycles. The van der Waals surface area contributed by atoms with E-state index in [4.69, 9.17) is 0 Å². The number of nitrogens with one attached hydrogen (secondary N) is 1. The third kappa shape index (κ3) is 3.55. The van der Waals surface area contributed by atoms with Gasteiger partial charge < -0.3 is 10.2 Å². The Bertz CT molecular complexity index is 1050. The summed E-state index contributed by atoms with van der Waals surface area (Å²) in [5, 5.41) is 2.80. The number of hydrogen-bond donors (Lipinski definition) is 1. The Kier molecular flexibility index (Phi) is 4.72.